The second-order valence-electron chi connectivity index (χ2n) is 6.86. The zero-order valence-electron chi connectivity index (χ0n) is 16.8. The highest BCUT2D eigenvalue weighted by atomic mass is 32.1. The molecule has 156 valence electrons. The van der Waals surface area contributed by atoms with E-state index in [9.17, 15) is 14.4 Å². The summed E-state index contributed by atoms with van der Waals surface area (Å²) in [5, 5.41) is 5.45. The highest BCUT2D eigenvalue weighted by Crippen LogP contribution is 2.30. The third kappa shape index (κ3) is 4.54. The van der Waals surface area contributed by atoms with Gasteiger partial charge in [0.05, 0.1) is 11.8 Å². The SMILES string of the molecule is CCNC(=O)c1cccc(NC(=O)Cn2cnc3cc(-c4ccccc4)sc3c2=O)c1. The molecule has 0 unspecified atom stereocenters. The summed E-state index contributed by atoms with van der Waals surface area (Å²) in [6, 6.07) is 18.3. The van der Waals surface area contributed by atoms with Gasteiger partial charge in [-0.2, -0.15) is 0 Å². The number of fused-ring (bicyclic) bond motifs is 1. The summed E-state index contributed by atoms with van der Waals surface area (Å²) in [5.74, 6) is -0.590. The van der Waals surface area contributed by atoms with Crippen LogP contribution in [-0.4, -0.2) is 27.9 Å². The average molecular weight is 433 g/mol. The largest absolute Gasteiger partial charge is 0.352 e. The number of aromatic nitrogens is 2. The molecule has 0 fully saturated rings. The van der Waals surface area contributed by atoms with Crippen molar-refractivity contribution in [3.63, 3.8) is 0 Å². The molecule has 2 heterocycles. The maximum Gasteiger partial charge on any atom is 0.271 e. The lowest BCUT2D eigenvalue weighted by molar-refractivity contribution is -0.116. The van der Waals surface area contributed by atoms with Gasteiger partial charge in [-0.15, -0.1) is 11.3 Å². The van der Waals surface area contributed by atoms with Crippen LogP contribution >= 0.6 is 11.3 Å². The van der Waals surface area contributed by atoms with Crippen LogP contribution in [0.2, 0.25) is 0 Å². The minimum Gasteiger partial charge on any atom is -0.352 e. The van der Waals surface area contributed by atoms with Crippen molar-refractivity contribution in [3.05, 3.63) is 82.9 Å². The Bertz CT molecular complexity index is 1310. The molecule has 4 rings (SSSR count). The van der Waals surface area contributed by atoms with E-state index in [0.717, 1.165) is 10.4 Å². The fraction of sp³-hybridized carbons (Fsp3) is 0.130. The molecule has 8 heteroatoms. The van der Waals surface area contributed by atoms with E-state index in [0.29, 0.717) is 28.0 Å². The molecule has 2 aromatic carbocycles. The lowest BCUT2D eigenvalue weighted by atomic mass is 10.2. The Hall–Kier alpha value is -3.78. The van der Waals surface area contributed by atoms with E-state index in [4.69, 9.17) is 0 Å². The minimum atomic E-state index is -0.379. The third-order valence-electron chi connectivity index (χ3n) is 4.62. The van der Waals surface area contributed by atoms with Crippen molar-refractivity contribution in [3.8, 4) is 10.4 Å². The van der Waals surface area contributed by atoms with Crippen molar-refractivity contribution in [2.75, 3.05) is 11.9 Å². The van der Waals surface area contributed by atoms with E-state index < -0.39 is 0 Å². The molecule has 0 saturated carbocycles. The van der Waals surface area contributed by atoms with Crippen molar-refractivity contribution in [1.29, 1.82) is 0 Å². The van der Waals surface area contributed by atoms with E-state index in [-0.39, 0.29) is 23.9 Å². The van der Waals surface area contributed by atoms with E-state index in [1.165, 1.54) is 22.2 Å². The molecule has 0 saturated heterocycles. The van der Waals surface area contributed by atoms with Crippen LogP contribution in [0.5, 0.6) is 0 Å². The van der Waals surface area contributed by atoms with Gasteiger partial charge in [-0.25, -0.2) is 4.98 Å². The van der Waals surface area contributed by atoms with Gasteiger partial charge in [0.25, 0.3) is 11.5 Å². The molecular formula is C23H20N4O3S. The van der Waals surface area contributed by atoms with Gasteiger partial charge in [0, 0.05) is 22.7 Å². The molecular weight excluding hydrogens is 412 g/mol. The normalized spacial score (nSPS) is 10.7. The molecule has 0 radical (unpaired) electrons. The molecule has 7 nitrogen and oxygen atoms in total. The van der Waals surface area contributed by atoms with Crippen molar-refractivity contribution < 1.29 is 9.59 Å². The lowest BCUT2D eigenvalue weighted by Crippen LogP contribution is -2.27. The lowest BCUT2D eigenvalue weighted by Gasteiger charge is -2.09. The summed E-state index contributed by atoms with van der Waals surface area (Å²) in [6.45, 7) is 2.18. The molecule has 0 atom stereocenters. The Balaban J connectivity index is 1.53. The summed E-state index contributed by atoms with van der Waals surface area (Å²) >= 11 is 1.36. The zero-order chi connectivity index (χ0) is 21.8. The predicted molar refractivity (Wildman–Crippen MR) is 122 cm³/mol. The number of amides is 2. The number of hydrogen-bond acceptors (Lipinski definition) is 5. The topological polar surface area (TPSA) is 93.1 Å². The predicted octanol–water partition coefficient (Wildman–Crippen LogP) is 3.51. The minimum absolute atomic E-state index is 0.175. The van der Waals surface area contributed by atoms with Crippen LogP contribution in [0.15, 0.2) is 71.8 Å². The number of nitrogens with zero attached hydrogens (tertiary/aromatic N) is 2. The maximum absolute atomic E-state index is 12.9. The molecule has 0 spiro atoms. The molecule has 4 aromatic rings. The number of hydrogen-bond donors (Lipinski definition) is 2. The van der Waals surface area contributed by atoms with Gasteiger partial charge in [0.2, 0.25) is 5.91 Å². The van der Waals surface area contributed by atoms with Gasteiger partial charge in [-0.05, 0) is 36.8 Å². The number of carbonyl (C=O) groups excluding carboxylic acids is 2. The Morgan fingerprint density at radius 1 is 1.06 bits per heavy atom. The van der Waals surface area contributed by atoms with Gasteiger partial charge in [-0.3, -0.25) is 19.0 Å². The molecule has 0 aliphatic rings. The van der Waals surface area contributed by atoms with Gasteiger partial charge < -0.3 is 10.6 Å². The first-order chi connectivity index (χ1) is 15.0. The Morgan fingerprint density at radius 2 is 1.87 bits per heavy atom. The van der Waals surface area contributed by atoms with Crippen LogP contribution in [0.3, 0.4) is 0 Å². The van der Waals surface area contributed by atoms with E-state index in [2.05, 4.69) is 15.6 Å². The summed E-state index contributed by atoms with van der Waals surface area (Å²) in [6.07, 6.45) is 1.39. The molecule has 0 bridgehead atoms. The third-order valence-corrected chi connectivity index (χ3v) is 5.78. The number of benzene rings is 2. The fourth-order valence-electron chi connectivity index (χ4n) is 3.16. The highest BCUT2D eigenvalue weighted by Gasteiger charge is 2.13. The first-order valence-corrected chi connectivity index (χ1v) is 10.6. The average Bonchev–Trinajstić information content (AvgIpc) is 3.22. The van der Waals surface area contributed by atoms with E-state index in [1.807, 2.05) is 43.3 Å². The monoisotopic (exact) mass is 432 g/mol. The summed E-state index contributed by atoms with van der Waals surface area (Å²) in [4.78, 5) is 42.7. The van der Waals surface area contributed by atoms with Crippen LogP contribution < -0.4 is 16.2 Å². The van der Waals surface area contributed by atoms with Crippen molar-refractivity contribution in [2.24, 2.45) is 0 Å². The van der Waals surface area contributed by atoms with Gasteiger partial charge in [0.15, 0.2) is 0 Å². The fourth-order valence-corrected chi connectivity index (χ4v) is 4.22. The van der Waals surface area contributed by atoms with E-state index >= 15 is 0 Å². The first kappa shape index (κ1) is 20.5. The quantitative estimate of drug-likeness (QED) is 0.488. The second-order valence-corrected chi connectivity index (χ2v) is 7.91. The van der Waals surface area contributed by atoms with Gasteiger partial charge in [0.1, 0.15) is 11.2 Å². The number of nitrogens with one attached hydrogen (secondary N) is 2. The van der Waals surface area contributed by atoms with Crippen LogP contribution in [0.25, 0.3) is 20.7 Å². The smallest absolute Gasteiger partial charge is 0.271 e. The van der Waals surface area contributed by atoms with Crippen LogP contribution in [0.1, 0.15) is 17.3 Å². The zero-order valence-corrected chi connectivity index (χ0v) is 17.6. The molecule has 0 aliphatic heterocycles. The number of anilines is 1. The standard InChI is InChI=1S/C23H20N4O3S/c1-2-24-22(29)16-9-6-10-17(11-16)26-20(28)13-27-14-25-18-12-19(31-21(18)23(27)30)15-7-4-3-5-8-15/h3-12,14H,2,13H2,1H3,(H,24,29)(H,26,28). The maximum atomic E-state index is 12.9. The van der Waals surface area contributed by atoms with E-state index in [1.54, 1.807) is 24.3 Å². The van der Waals surface area contributed by atoms with Crippen LogP contribution in [0, 0.1) is 0 Å². The van der Waals surface area contributed by atoms with Crippen molar-refractivity contribution in [2.45, 2.75) is 13.5 Å². The number of thiophene rings is 1. The molecule has 31 heavy (non-hydrogen) atoms. The number of rotatable bonds is 6. The summed E-state index contributed by atoms with van der Waals surface area (Å²) in [7, 11) is 0. The Labute approximate surface area is 182 Å². The molecule has 2 amide bonds. The molecule has 2 aromatic heterocycles. The van der Waals surface area contributed by atoms with Crippen molar-refractivity contribution in [1.82, 2.24) is 14.9 Å². The summed E-state index contributed by atoms with van der Waals surface area (Å²) < 4.78 is 1.80. The Morgan fingerprint density at radius 3 is 2.65 bits per heavy atom. The first-order valence-electron chi connectivity index (χ1n) is 9.77. The van der Waals surface area contributed by atoms with Crippen molar-refractivity contribution >= 4 is 39.1 Å². The summed E-state index contributed by atoms with van der Waals surface area (Å²) in [5.41, 5.74) is 2.30. The second kappa shape index (κ2) is 8.93. The highest BCUT2D eigenvalue weighted by molar-refractivity contribution is 7.22. The number of carbonyl (C=O) groups is 2. The van der Waals surface area contributed by atoms with Gasteiger partial charge >= 0.3 is 0 Å². The molecule has 0 aliphatic carbocycles. The van der Waals surface area contributed by atoms with Crippen LogP contribution in [-0.2, 0) is 11.3 Å². The van der Waals surface area contributed by atoms with Crippen LogP contribution in [0.4, 0.5) is 5.69 Å². The van der Waals surface area contributed by atoms with Gasteiger partial charge in [-0.1, -0.05) is 36.4 Å². The Kier molecular flexibility index (Phi) is 5.90. The molecule has 2 N–H and O–H groups in total.